The van der Waals surface area contributed by atoms with E-state index in [0.717, 1.165) is 39.2 Å². The van der Waals surface area contributed by atoms with Crippen molar-refractivity contribution < 1.29 is 19.8 Å². The molecule has 0 spiro atoms. The Morgan fingerprint density at radius 3 is 2.39 bits per heavy atom. The van der Waals surface area contributed by atoms with Crippen molar-refractivity contribution in [2.75, 3.05) is 6.54 Å². The van der Waals surface area contributed by atoms with Gasteiger partial charge >= 0.3 is 11.7 Å². The molecule has 1 aliphatic rings. The first-order chi connectivity index (χ1) is 15.9. The minimum absolute atomic E-state index is 0.0886. The number of aromatic nitrogens is 2. The molecule has 33 heavy (non-hydrogen) atoms. The smallest absolute Gasteiger partial charge is 0.334 e. The Labute approximate surface area is 188 Å². The van der Waals surface area contributed by atoms with Gasteiger partial charge in [-0.05, 0) is 35.2 Å². The van der Waals surface area contributed by atoms with Crippen molar-refractivity contribution in [1.82, 2.24) is 14.5 Å². The summed E-state index contributed by atoms with van der Waals surface area (Å²) in [7, 11) is 0. The highest BCUT2D eigenvalue weighted by molar-refractivity contribution is 5.97. The topological polar surface area (TPSA) is 131 Å². The Bertz CT molecular complexity index is 1330. The lowest BCUT2D eigenvalue weighted by molar-refractivity contribution is -0.135. The summed E-state index contributed by atoms with van der Waals surface area (Å²) in [5.74, 6) is -3.04. The van der Waals surface area contributed by atoms with Crippen molar-refractivity contribution in [2.45, 2.75) is 44.7 Å². The number of carboxylic acids is 1. The number of hydrogen-bond donors (Lipinski definition) is 3. The van der Waals surface area contributed by atoms with Crippen molar-refractivity contribution in [1.29, 1.82) is 0 Å². The average Bonchev–Trinajstić information content (AvgIpc) is 2.81. The normalized spacial score (nSPS) is 14.3. The average molecular weight is 451 g/mol. The van der Waals surface area contributed by atoms with Gasteiger partial charge in [0.2, 0.25) is 5.88 Å². The number of aromatic hydroxyl groups is 1. The summed E-state index contributed by atoms with van der Waals surface area (Å²) in [6, 6.07) is 12.9. The van der Waals surface area contributed by atoms with Crippen LogP contribution in [0.4, 0.5) is 0 Å². The van der Waals surface area contributed by atoms with Gasteiger partial charge in [-0.2, -0.15) is 0 Å². The van der Waals surface area contributed by atoms with Crippen molar-refractivity contribution in [3.63, 3.8) is 0 Å². The van der Waals surface area contributed by atoms with E-state index in [1.165, 1.54) is 0 Å². The molecule has 1 aliphatic carbocycles. The lowest BCUT2D eigenvalue weighted by Crippen LogP contribution is -2.46. The van der Waals surface area contributed by atoms with E-state index >= 15 is 0 Å². The second kappa shape index (κ2) is 9.32. The first-order valence-electron chi connectivity index (χ1n) is 10.9. The zero-order valence-corrected chi connectivity index (χ0v) is 18.0. The molecule has 0 atom stereocenters. The summed E-state index contributed by atoms with van der Waals surface area (Å²) in [6.07, 6.45) is 4.01. The summed E-state index contributed by atoms with van der Waals surface area (Å²) in [6.45, 7) is -0.806. The Kier molecular flexibility index (Phi) is 6.30. The van der Waals surface area contributed by atoms with Crippen LogP contribution >= 0.6 is 0 Å². The molecule has 2 aromatic carbocycles. The highest BCUT2D eigenvalue weighted by atomic mass is 16.4. The molecule has 1 heterocycles. The van der Waals surface area contributed by atoms with Gasteiger partial charge in [0, 0.05) is 6.04 Å². The van der Waals surface area contributed by atoms with Crippen LogP contribution in [0, 0.1) is 0 Å². The maximum Gasteiger partial charge on any atom is 0.334 e. The van der Waals surface area contributed by atoms with Crippen LogP contribution in [0.2, 0.25) is 0 Å². The predicted octanol–water partition coefficient (Wildman–Crippen LogP) is 2.24. The zero-order valence-electron chi connectivity index (χ0n) is 18.0. The number of rotatable bonds is 6. The number of nitrogens with one attached hydrogen (secondary N) is 1. The van der Waals surface area contributed by atoms with Gasteiger partial charge in [-0.1, -0.05) is 55.7 Å². The minimum atomic E-state index is -1.29. The molecule has 1 aromatic heterocycles. The van der Waals surface area contributed by atoms with Gasteiger partial charge < -0.3 is 15.5 Å². The standard InChI is InChI=1S/C24H25N3O6/c28-19(29)13-25-21(30)20-22(31)26(14-15-10-11-16-6-4-5-7-17(16)12-15)24(33)27(23(20)32)18-8-2-1-3-9-18/h4-7,10-12,18,32H,1-3,8-9,13-14H2,(H,25,30)(H,28,29). The van der Waals surface area contributed by atoms with E-state index in [2.05, 4.69) is 5.32 Å². The maximum atomic E-state index is 13.4. The van der Waals surface area contributed by atoms with Crippen molar-refractivity contribution in [3.8, 4) is 5.88 Å². The lowest BCUT2D eigenvalue weighted by atomic mass is 9.95. The van der Waals surface area contributed by atoms with Gasteiger partial charge in [-0.3, -0.25) is 23.5 Å². The molecule has 0 radical (unpaired) electrons. The third-order valence-electron chi connectivity index (χ3n) is 6.07. The Morgan fingerprint density at radius 1 is 1.00 bits per heavy atom. The number of carbonyl (C=O) groups excluding carboxylic acids is 1. The van der Waals surface area contributed by atoms with Gasteiger partial charge in [0.05, 0.1) is 6.54 Å². The fourth-order valence-electron chi connectivity index (χ4n) is 4.43. The third-order valence-corrected chi connectivity index (χ3v) is 6.07. The summed E-state index contributed by atoms with van der Waals surface area (Å²) < 4.78 is 2.06. The molecule has 9 heteroatoms. The third kappa shape index (κ3) is 4.52. The molecular formula is C24H25N3O6. The van der Waals surface area contributed by atoms with Crippen LogP contribution in [0.15, 0.2) is 52.1 Å². The van der Waals surface area contributed by atoms with Crippen LogP contribution in [-0.4, -0.2) is 37.8 Å². The highest BCUT2D eigenvalue weighted by Gasteiger charge is 2.29. The predicted molar refractivity (Wildman–Crippen MR) is 122 cm³/mol. The number of carboxylic acid groups (broad SMARTS) is 1. The monoisotopic (exact) mass is 451 g/mol. The summed E-state index contributed by atoms with van der Waals surface area (Å²) in [4.78, 5) is 50.1. The first kappa shape index (κ1) is 22.3. The molecule has 3 N–H and O–H groups in total. The van der Waals surface area contributed by atoms with E-state index < -0.39 is 41.1 Å². The fourth-order valence-corrected chi connectivity index (χ4v) is 4.43. The minimum Gasteiger partial charge on any atom is -0.494 e. The molecule has 1 saturated carbocycles. The van der Waals surface area contributed by atoms with Crippen LogP contribution in [0.3, 0.4) is 0 Å². The molecule has 3 aromatic rings. The summed E-state index contributed by atoms with van der Waals surface area (Å²) in [5, 5.41) is 23.7. The quantitative estimate of drug-likeness (QED) is 0.527. The molecule has 0 aliphatic heterocycles. The second-order valence-corrected chi connectivity index (χ2v) is 8.29. The summed E-state index contributed by atoms with van der Waals surface area (Å²) >= 11 is 0. The van der Waals surface area contributed by atoms with E-state index in [9.17, 15) is 24.3 Å². The van der Waals surface area contributed by atoms with Gasteiger partial charge in [-0.25, -0.2) is 4.79 Å². The number of aliphatic carboxylic acids is 1. The number of hydrogen-bond acceptors (Lipinski definition) is 5. The van der Waals surface area contributed by atoms with Crippen molar-refractivity contribution >= 4 is 22.6 Å². The van der Waals surface area contributed by atoms with Gasteiger partial charge in [0.15, 0.2) is 5.56 Å². The first-order valence-corrected chi connectivity index (χ1v) is 10.9. The number of fused-ring (bicyclic) bond motifs is 1. The van der Waals surface area contributed by atoms with E-state index in [1.807, 2.05) is 36.4 Å². The Hall–Kier alpha value is -3.88. The van der Waals surface area contributed by atoms with Crippen LogP contribution in [-0.2, 0) is 11.3 Å². The lowest BCUT2D eigenvalue weighted by Gasteiger charge is -2.26. The fraction of sp³-hybridized carbons (Fsp3) is 0.333. The van der Waals surface area contributed by atoms with Crippen LogP contribution in [0.5, 0.6) is 5.88 Å². The maximum absolute atomic E-state index is 13.4. The molecule has 0 saturated heterocycles. The SMILES string of the molecule is O=C(O)CNC(=O)c1c(O)n(C2CCCCC2)c(=O)n(Cc2ccc3ccccc3c2)c1=O. The van der Waals surface area contributed by atoms with E-state index in [1.54, 1.807) is 6.07 Å². The van der Waals surface area contributed by atoms with Crippen LogP contribution in [0.1, 0.15) is 54.1 Å². The molecule has 0 unspecified atom stereocenters. The molecule has 0 bridgehead atoms. The van der Waals surface area contributed by atoms with Gasteiger partial charge in [0.1, 0.15) is 6.54 Å². The zero-order chi connectivity index (χ0) is 23.5. The summed E-state index contributed by atoms with van der Waals surface area (Å²) in [5.41, 5.74) is -1.58. The number of nitrogens with zero attached hydrogens (tertiary/aromatic N) is 2. The Morgan fingerprint density at radius 2 is 1.70 bits per heavy atom. The van der Waals surface area contributed by atoms with E-state index in [0.29, 0.717) is 18.4 Å². The van der Waals surface area contributed by atoms with Crippen LogP contribution in [0.25, 0.3) is 10.8 Å². The van der Waals surface area contributed by atoms with E-state index in [4.69, 9.17) is 5.11 Å². The van der Waals surface area contributed by atoms with Gasteiger partial charge in [-0.15, -0.1) is 0 Å². The molecule has 4 rings (SSSR count). The number of carbonyl (C=O) groups is 2. The Balaban J connectivity index is 1.84. The van der Waals surface area contributed by atoms with Crippen molar-refractivity contribution in [3.05, 3.63) is 74.4 Å². The second-order valence-electron chi connectivity index (χ2n) is 8.29. The largest absolute Gasteiger partial charge is 0.494 e. The van der Waals surface area contributed by atoms with E-state index in [-0.39, 0.29) is 12.6 Å². The highest BCUT2D eigenvalue weighted by Crippen LogP contribution is 2.30. The van der Waals surface area contributed by atoms with Crippen molar-refractivity contribution in [2.24, 2.45) is 0 Å². The van der Waals surface area contributed by atoms with Gasteiger partial charge in [0.25, 0.3) is 11.5 Å². The molecule has 1 amide bonds. The molecule has 172 valence electrons. The molecule has 9 nitrogen and oxygen atoms in total. The molecule has 1 fully saturated rings. The number of amides is 1. The van der Waals surface area contributed by atoms with Crippen LogP contribution < -0.4 is 16.6 Å². The number of benzene rings is 2. The molecular weight excluding hydrogens is 426 g/mol.